The number of rotatable bonds is 7. The second kappa shape index (κ2) is 10.5. The highest BCUT2D eigenvalue weighted by atomic mass is 32.2. The van der Waals surface area contributed by atoms with Crippen LogP contribution in [0.3, 0.4) is 0 Å². The summed E-state index contributed by atoms with van der Waals surface area (Å²) >= 11 is 6.17. The summed E-state index contributed by atoms with van der Waals surface area (Å²) in [7, 11) is 0. The SMILES string of the molecule is CC(=S)SC(C)C(=O)NCCOC(=O)NCN=C=O. The zero-order valence-corrected chi connectivity index (χ0v) is 12.2. The monoisotopic (exact) mass is 305 g/mol. The van der Waals surface area contributed by atoms with Crippen LogP contribution < -0.4 is 10.6 Å². The molecule has 0 aromatic rings. The molecular weight excluding hydrogens is 290 g/mol. The fourth-order valence-corrected chi connectivity index (χ4v) is 2.07. The van der Waals surface area contributed by atoms with Crippen molar-refractivity contribution in [2.24, 2.45) is 4.99 Å². The molecule has 0 aliphatic rings. The van der Waals surface area contributed by atoms with Gasteiger partial charge in [0, 0.05) is 4.20 Å². The summed E-state index contributed by atoms with van der Waals surface area (Å²) in [6.07, 6.45) is 0.551. The number of hydrogen-bond acceptors (Lipinski definition) is 7. The van der Waals surface area contributed by atoms with E-state index < -0.39 is 6.09 Å². The van der Waals surface area contributed by atoms with Crippen LogP contribution in [0.15, 0.2) is 4.99 Å². The van der Waals surface area contributed by atoms with Gasteiger partial charge in [-0.3, -0.25) is 4.79 Å². The van der Waals surface area contributed by atoms with Gasteiger partial charge in [0.2, 0.25) is 12.0 Å². The molecule has 106 valence electrons. The van der Waals surface area contributed by atoms with E-state index in [4.69, 9.17) is 17.0 Å². The van der Waals surface area contributed by atoms with Crippen LogP contribution in [0.25, 0.3) is 0 Å². The molecule has 0 aromatic heterocycles. The second-order valence-electron chi connectivity index (χ2n) is 3.26. The van der Waals surface area contributed by atoms with Crippen molar-refractivity contribution < 1.29 is 19.1 Å². The lowest BCUT2D eigenvalue weighted by molar-refractivity contribution is -0.120. The van der Waals surface area contributed by atoms with E-state index in [2.05, 4.69) is 15.6 Å². The fraction of sp³-hybridized carbons (Fsp3) is 0.600. The number of hydrogen-bond donors (Lipinski definition) is 2. The smallest absolute Gasteiger partial charge is 0.408 e. The average molecular weight is 305 g/mol. The lowest BCUT2D eigenvalue weighted by Gasteiger charge is -2.11. The third-order valence-corrected chi connectivity index (χ3v) is 2.90. The maximum Gasteiger partial charge on any atom is 0.408 e. The Bertz CT molecular complexity index is 383. The Morgan fingerprint density at radius 1 is 1.47 bits per heavy atom. The van der Waals surface area contributed by atoms with Crippen LogP contribution in [0, 0.1) is 0 Å². The van der Waals surface area contributed by atoms with Gasteiger partial charge in [0.25, 0.3) is 0 Å². The van der Waals surface area contributed by atoms with E-state index in [1.807, 2.05) is 0 Å². The molecule has 0 aromatic carbocycles. The Morgan fingerprint density at radius 3 is 2.74 bits per heavy atom. The van der Waals surface area contributed by atoms with Gasteiger partial charge in [-0.25, -0.2) is 9.59 Å². The average Bonchev–Trinajstić information content (AvgIpc) is 2.33. The van der Waals surface area contributed by atoms with Gasteiger partial charge in [-0.05, 0) is 13.8 Å². The number of amides is 2. The van der Waals surface area contributed by atoms with Gasteiger partial charge in [-0.2, -0.15) is 4.99 Å². The van der Waals surface area contributed by atoms with Crippen LogP contribution in [-0.4, -0.2) is 47.3 Å². The molecule has 0 rings (SSSR count). The number of aliphatic imine (C=N–C) groups is 1. The van der Waals surface area contributed by atoms with Crippen LogP contribution in [0.1, 0.15) is 13.8 Å². The molecule has 2 amide bonds. The van der Waals surface area contributed by atoms with Gasteiger partial charge < -0.3 is 15.4 Å². The zero-order valence-electron chi connectivity index (χ0n) is 10.6. The van der Waals surface area contributed by atoms with E-state index in [1.165, 1.54) is 17.8 Å². The molecule has 0 bridgehead atoms. The Morgan fingerprint density at radius 2 is 2.16 bits per heavy atom. The minimum absolute atomic E-state index is 0.0241. The highest BCUT2D eigenvalue weighted by Crippen LogP contribution is 2.12. The summed E-state index contributed by atoms with van der Waals surface area (Å²) in [6.45, 7) is 3.52. The molecule has 0 heterocycles. The third kappa shape index (κ3) is 10.2. The topological polar surface area (TPSA) is 96.9 Å². The minimum Gasteiger partial charge on any atom is -0.448 e. The van der Waals surface area contributed by atoms with Gasteiger partial charge >= 0.3 is 6.09 Å². The minimum atomic E-state index is -0.717. The maximum atomic E-state index is 11.5. The summed E-state index contributed by atoms with van der Waals surface area (Å²) in [4.78, 5) is 35.3. The highest BCUT2D eigenvalue weighted by Gasteiger charge is 2.13. The van der Waals surface area contributed by atoms with Gasteiger partial charge in [0.15, 0.2) is 0 Å². The molecule has 0 saturated heterocycles. The first-order valence-electron chi connectivity index (χ1n) is 5.36. The number of thiocarbonyl (C=S) groups is 1. The molecule has 0 spiro atoms. The number of isocyanates is 1. The summed E-state index contributed by atoms with van der Waals surface area (Å²) in [6, 6.07) is 0. The normalized spacial score (nSPS) is 10.8. The number of nitrogens with one attached hydrogen (secondary N) is 2. The van der Waals surface area contributed by atoms with Crippen molar-refractivity contribution in [2.45, 2.75) is 19.1 Å². The van der Waals surface area contributed by atoms with Crippen LogP contribution >= 0.6 is 24.0 Å². The summed E-state index contributed by atoms with van der Waals surface area (Å²) in [5.41, 5.74) is 0. The molecule has 19 heavy (non-hydrogen) atoms. The number of ether oxygens (including phenoxy) is 1. The van der Waals surface area contributed by atoms with E-state index in [9.17, 15) is 14.4 Å². The predicted molar refractivity (Wildman–Crippen MR) is 75.8 cm³/mol. The van der Waals surface area contributed by atoms with Crippen molar-refractivity contribution in [3.8, 4) is 0 Å². The first-order valence-corrected chi connectivity index (χ1v) is 6.65. The molecule has 0 aliphatic carbocycles. The summed E-state index contributed by atoms with van der Waals surface area (Å²) in [5, 5.41) is 4.51. The Balaban J connectivity index is 3.68. The van der Waals surface area contributed by atoms with Gasteiger partial charge in [-0.15, -0.1) is 11.8 Å². The molecular formula is C10H15N3O4S2. The Kier molecular flexibility index (Phi) is 9.69. The van der Waals surface area contributed by atoms with E-state index >= 15 is 0 Å². The van der Waals surface area contributed by atoms with Crippen LogP contribution in [0.2, 0.25) is 0 Å². The molecule has 1 unspecified atom stereocenters. The lowest BCUT2D eigenvalue weighted by atomic mass is 10.4. The zero-order chi connectivity index (χ0) is 14.7. The van der Waals surface area contributed by atoms with Crippen LogP contribution in [0.4, 0.5) is 4.79 Å². The van der Waals surface area contributed by atoms with E-state index in [0.717, 1.165) is 0 Å². The molecule has 7 nitrogen and oxygen atoms in total. The molecule has 2 N–H and O–H groups in total. The first-order chi connectivity index (χ1) is 8.97. The Hall–Kier alpha value is -1.44. The molecule has 9 heteroatoms. The van der Waals surface area contributed by atoms with Crippen molar-refractivity contribution in [3.63, 3.8) is 0 Å². The lowest BCUT2D eigenvalue weighted by Crippen LogP contribution is -2.35. The molecule has 0 saturated carbocycles. The first kappa shape index (κ1) is 17.6. The van der Waals surface area contributed by atoms with Crippen molar-refractivity contribution >= 4 is 46.3 Å². The summed E-state index contributed by atoms with van der Waals surface area (Å²) < 4.78 is 5.40. The number of thioether (sulfide) groups is 1. The van der Waals surface area contributed by atoms with E-state index in [-0.39, 0.29) is 31.0 Å². The maximum absolute atomic E-state index is 11.5. The molecule has 1 atom stereocenters. The largest absolute Gasteiger partial charge is 0.448 e. The number of carbonyl (C=O) groups is 2. The molecule has 0 fully saturated rings. The quantitative estimate of drug-likeness (QED) is 0.309. The van der Waals surface area contributed by atoms with Crippen LogP contribution in [-0.2, 0) is 14.3 Å². The van der Waals surface area contributed by atoms with Crippen LogP contribution in [0.5, 0.6) is 0 Å². The van der Waals surface area contributed by atoms with E-state index in [1.54, 1.807) is 13.8 Å². The number of nitrogens with zero attached hydrogens (tertiary/aromatic N) is 1. The number of alkyl carbamates (subject to hydrolysis) is 1. The van der Waals surface area contributed by atoms with Gasteiger partial charge in [0.1, 0.15) is 13.3 Å². The third-order valence-electron chi connectivity index (χ3n) is 1.71. The molecule has 0 aliphatic heterocycles. The van der Waals surface area contributed by atoms with Gasteiger partial charge in [-0.1, -0.05) is 12.2 Å². The van der Waals surface area contributed by atoms with E-state index in [0.29, 0.717) is 4.20 Å². The Labute approximate surface area is 120 Å². The second-order valence-corrected chi connectivity index (χ2v) is 5.69. The van der Waals surface area contributed by atoms with Crippen molar-refractivity contribution in [1.29, 1.82) is 0 Å². The van der Waals surface area contributed by atoms with Gasteiger partial charge in [0.05, 0.1) is 11.8 Å². The summed E-state index contributed by atoms with van der Waals surface area (Å²) in [5.74, 6) is -0.177. The predicted octanol–water partition coefficient (Wildman–Crippen LogP) is 0.591. The van der Waals surface area contributed by atoms with Crippen molar-refractivity contribution in [2.75, 3.05) is 19.8 Å². The highest BCUT2D eigenvalue weighted by molar-refractivity contribution is 8.23. The fourth-order valence-electron chi connectivity index (χ4n) is 0.952. The standard InChI is InChI=1S/C10H15N3O4S2/c1-7(19-8(2)18)9(15)12-3-4-17-10(16)13-5-11-6-14/h7H,3-5H2,1-2H3,(H,12,15)(H,13,16). The van der Waals surface area contributed by atoms with Crippen molar-refractivity contribution in [1.82, 2.24) is 10.6 Å². The molecule has 0 radical (unpaired) electrons. The number of carbonyl (C=O) groups excluding carboxylic acids is 3. The van der Waals surface area contributed by atoms with Crippen molar-refractivity contribution in [3.05, 3.63) is 0 Å².